The number of carbonyl (C=O) groups is 1. The minimum Gasteiger partial charge on any atom is -0.446 e. The number of amides is 1. The van der Waals surface area contributed by atoms with Crippen molar-refractivity contribution < 1.29 is 17.9 Å². The van der Waals surface area contributed by atoms with Crippen LogP contribution in [0.25, 0.3) is 0 Å². The summed E-state index contributed by atoms with van der Waals surface area (Å²) in [7, 11) is -3.98. The number of nitrogens with one attached hydrogen (secondary N) is 1. The van der Waals surface area contributed by atoms with E-state index < -0.39 is 22.4 Å². The van der Waals surface area contributed by atoms with Gasteiger partial charge in [-0.1, -0.05) is 19.1 Å². The Hall–Kier alpha value is -0.930. The van der Waals surface area contributed by atoms with Crippen LogP contribution in [0.3, 0.4) is 0 Å². The third-order valence-electron chi connectivity index (χ3n) is 1.70. The molecule has 0 radical (unpaired) electrons. The first-order chi connectivity index (χ1) is 8.19. The molecule has 0 aromatic heterocycles. The molecule has 0 aliphatic carbocycles. The Balaban J connectivity index is 4.74. The maximum absolute atomic E-state index is 11.8. The van der Waals surface area contributed by atoms with Gasteiger partial charge in [0.2, 0.25) is 0 Å². The molecule has 0 saturated heterocycles. The van der Waals surface area contributed by atoms with Gasteiger partial charge in [-0.25, -0.2) is 9.52 Å². The largest absolute Gasteiger partial charge is 0.446 e. The van der Waals surface area contributed by atoms with Gasteiger partial charge in [-0.2, -0.15) is 12.7 Å². The zero-order valence-corrected chi connectivity index (χ0v) is 12.3. The number of hydrogen-bond acceptors (Lipinski definition) is 5. The summed E-state index contributed by atoms with van der Waals surface area (Å²) in [6.07, 6.45) is -0.854. The van der Waals surface area contributed by atoms with Gasteiger partial charge in [0.05, 0.1) is 17.6 Å². The summed E-state index contributed by atoms with van der Waals surface area (Å²) in [6.45, 7) is 5.12. The number of carbonyl (C=O) groups excluding carboxylic acids is 1. The highest BCUT2D eigenvalue weighted by Gasteiger charge is 2.25. The van der Waals surface area contributed by atoms with Crippen LogP contribution in [0, 0.1) is 0 Å². The smallest absolute Gasteiger partial charge is 0.422 e. The van der Waals surface area contributed by atoms with Crippen molar-refractivity contribution in [1.82, 2.24) is 9.03 Å². The molecule has 0 fully saturated rings. The number of nitrogens with two attached hydrogens (primary N) is 1. The van der Waals surface area contributed by atoms with Crippen molar-refractivity contribution in [2.45, 2.75) is 33.3 Å². The molecule has 0 aromatic rings. The van der Waals surface area contributed by atoms with Crippen LogP contribution in [0.4, 0.5) is 4.79 Å². The average molecular weight is 297 g/mol. The highest BCUT2D eigenvalue weighted by molar-refractivity contribution is 7.87. The minimum absolute atomic E-state index is 0.0334. The first kappa shape index (κ1) is 17.1. The predicted molar refractivity (Wildman–Crippen MR) is 72.3 cm³/mol. The van der Waals surface area contributed by atoms with Crippen LogP contribution in [0.1, 0.15) is 27.2 Å². The lowest BCUT2D eigenvalue weighted by Crippen LogP contribution is -2.47. The van der Waals surface area contributed by atoms with E-state index >= 15 is 0 Å². The summed E-state index contributed by atoms with van der Waals surface area (Å²) < 4.78 is 31.2. The van der Waals surface area contributed by atoms with Crippen LogP contribution in [-0.2, 0) is 14.9 Å². The molecule has 7 nitrogen and oxygen atoms in total. The second-order valence-electron chi connectivity index (χ2n) is 3.86. The normalized spacial score (nSPS) is 11.6. The molecule has 0 spiro atoms. The van der Waals surface area contributed by atoms with Gasteiger partial charge in [-0.3, -0.25) is 0 Å². The average Bonchev–Trinajstić information content (AvgIpc) is 2.13. The fourth-order valence-electron chi connectivity index (χ4n) is 1.12. The SMILES string of the molecule is CCCN(CC(N)=S)S(=O)(=O)NC(=O)OC(C)C. The lowest BCUT2D eigenvalue weighted by Gasteiger charge is -2.21. The number of rotatable bonds is 7. The Kier molecular flexibility index (Phi) is 7.11. The molecule has 0 aromatic carbocycles. The van der Waals surface area contributed by atoms with Gasteiger partial charge in [-0.05, 0) is 20.3 Å². The number of hydrogen-bond donors (Lipinski definition) is 2. The third-order valence-corrected chi connectivity index (χ3v) is 3.25. The molecular formula is C9H19N3O4S2. The number of nitrogens with zero attached hydrogens (tertiary/aromatic N) is 1. The van der Waals surface area contributed by atoms with E-state index in [0.29, 0.717) is 6.42 Å². The molecule has 0 atom stereocenters. The first-order valence-electron chi connectivity index (χ1n) is 5.45. The van der Waals surface area contributed by atoms with Gasteiger partial charge in [0.15, 0.2) is 0 Å². The molecule has 18 heavy (non-hydrogen) atoms. The van der Waals surface area contributed by atoms with E-state index in [9.17, 15) is 13.2 Å². The lowest BCUT2D eigenvalue weighted by molar-refractivity contribution is 0.121. The Morgan fingerprint density at radius 3 is 2.44 bits per heavy atom. The standard InChI is InChI=1S/C9H19N3O4S2/c1-4-5-12(6-8(10)17)18(14,15)11-9(13)16-7(2)3/h7H,4-6H2,1-3H3,(H2,10,17)(H,11,13). The van der Waals surface area contributed by atoms with E-state index in [1.54, 1.807) is 25.5 Å². The third kappa shape index (κ3) is 6.72. The molecule has 3 N–H and O–H groups in total. The molecule has 9 heteroatoms. The molecular weight excluding hydrogens is 278 g/mol. The number of ether oxygens (including phenoxy) is 1. The summed E-state index contributed by atoms with van der Waals surface area (Å²) >= 11 is 4.67. The van der Waals surface area contributed by atoms with Crippen LogP contribution < -0.4 is 10.5 Å². The van der Waals surface area contributed by atoms with Crippen molar-refractivity contribution in [1.29, 1.82) is 0 Å². The highest BCUT2D eigenvalue weighted by atomic mass is 32.2. The maximum atomic E-state index is 11.8. The van der Waals surface area contributed by atoms with E-state index in [2.05, 4.69) is 12.2 Å². The maximum Gasteiger partial charge on any atom is 0.422 e. The molecule has 0 saturated carbocycles. The lowest BCUT2D eigenvalue weighted by atomic mass is 10.5. The zero-order valence-electron chi connectivity index (χ0n) is 10.7. The predicted octanol–water partition coefficient (Wildman–Crippen LogP) is 0.364. The molecule has 0 aliphatic rings. The summed E-state index contributed by atoms with van der Waals surface area (Å²) in [5.41, 5.74) is 5.31. The topological polar surface area (TPSA) is 102 Å². The molecule has 0 bridgehead atoms. The summed E-state index contributed by atoms with van der Waals surface area (Å²) in [5, 5.41) is 0. The van der Waals surface area contributed by atoms with E-state index in [0.717, 1.165) is 4.31 Å². The first-order valence-corrected chi connectivity index (χ1v) is 7.30. The van der Waals surface area contributed by atoms with Gasteiger partial charge >= 0.3 is 16.3 Å². The summed E-state index contributed by atoms with van der Waals surface area (Å²) in [4.78, 5) is 11.3. The minimum atomic E-state index is -3.98. The van der Waals surface area contributed by atoms with E-state index in [1.165, 1.54) is 0 Å². The molecule has 0 rings (SSSR count). The summed E-state index contributed by atoms with van der Waals surface area (Å²) in [5.74, 6) is 0. The van der Waals surface area contributed by atoms with Crippen LogP contribution in [-0.4, -0.2) is 43.0 Å². The van der Waals surface area contributed by atoms with Crippen molar-refractivity contribution >= 4 is 33.5 Å². The van der Waals surface area contributed by atoms with E-state index in [1.807, 2.05) is 0 Å². The van der Waals surface area contributed by atoms with Crippen molar-refractivity contribution in [2.24, 2.45) is 5.73 Å². The van der Waals surface area contributed by atoms with E-state index in [-0.39, 0.29) is 18.1 Å². The van der Waals surface area contributed by atoms with Crippen LogP contribution in [0.15, 0.2) is 0 Å². The van der Waals surface area contributed by atoms with Crippen LogP contribution >= 0.6 is 12.2 Å². The van der Waals surface area contributed by atoms with E-state index in [4.69, 9.17) is 10.5 Å². The monoisotopic (exact) mass is 297 g/mol. The fourth-order valence-corrected chi connectivity index (χ4v) is 2.47. The van der Waals surface area contributed by atoms with Crippen LogP contribution in [0.5, 0.6) is 0 Å². The van der Waals surface area contributed by atoms with Crippen molar-refractivity contribution in [3.8, 4) is 0 Å². The fraction of sp³-hybridized carbons (Fsp3) is 0.778. The quantitative estimate of drug-likeness (QED) is 0.658. The van der Waals surface area contributed by atoms with Crippen molar-refractivity contribution in [2.75, 3.05) is 13.1 Å². The molecule has 0 unspecified atom stereocenters. The Labute approximate surface area is 113 Å². The molecule has 0 heterocycles. The Morgan fingerprint density at radius 2 is 2.06 bits per heavy atom. The zero-order chi connectivity index (χ0) is 14.3. The van der Waals surface area contributed by atoms with Gasteiger partial charge in [-0.15, -0.1) is 0 Å². The second-order valence-corrected chi connectivity index (χ2v) is 6.06. The van der Waals surface area contributed by atoms with Crippen molar-refractivity contribution in [3.63, 3.8) is 0 Å². The molecule has 106 valence electrons. The molecule has 0 aliphatic heterocycles. The second kappa shape index (κ2) is 7.49. The molecule has 1 amide bonds. The van der Waals surface area contributed by atoms with Gasteiger partial charge in [0.1, 0.15) is 0 Å². The highest BCUT2D eigenvalue weighted by Crippen LogP contribution is 2.01. The Morgan fingerprint density at radius 1 is 1.50 bits per heavy atom. The van der Waals surface area contributed by atoms with Gasteiger partial charge < -0.3 is 10.5 Å². The number of thiocarbonyl (C=S) groups is 1. The summed E-state index contributed by atoms with van der Waals surface area (Å²) in [6, 6.07) is 0. The Bertz CT molecular complexity index is 395. The van der Waals surface area contributed by atoms with Gasteiger partial charge in [0.25, 0.3) is 0 Å². The van der Waals surface area contributed by atoms with Gasteiger partial charge in [0, 0.05) is 6.54 Å². The van der Waals surface area contributed by atoms with Crippen molar-refractivity contribution in [3.05, 3.63) is 0 Å². The van der Waals surface area contributed by atoms with Crippen LogP contribution in [0.2, 0.25) is 0 Å².